The standard InChI is InChI=1S/C14H32N2/c1-8-13(9-2)10-15-12(5)16-14(6,7)11(3)4/h11-13,15-16H,8-10H2,1-7H3. The number of nitrogens with one attached hydrogen (secondary N) is 2. The molecule has 0 amide bonds. The van der Waals surface area contributed by atoms with Crippen molar-refractivity contribution >= 4 is 0 Å². The van der Waals surface area contributed by atoms with Gasteiger partial charge < -0.3 is 5.32 Å². The van der Waals surface area contributed by atoms with Crippen LogP contribution in [-0.4, -0.2) is 18.2 Å². The van der Waals surface area contributed by atoms with Crippen molar-refractivity contribution in [2.75, 3.05) is 6.54 Å². The van der Waals surface area contributed by atoms with Gasteiger partial charge in [-0.15, -0.1) is 0 Å². The number of rotatable bonds is 8. The molecule has 0 aromatic heterocycles. The first-order chi connectivity index (χ1) is 7.33. The molecule has 0 saturated heterocycles. The highest BCUT2D eigenvalue weighted by Gasteiger charge is 2.23. The summed E-state index contributed by atoms with van der Waals surface area (Å²) in [4.78, 5) is 0. The Morgan fingerprint density at radius 1 is 1.00 bits per heavy atom. The molecule has 0 saturated carbocycles. The molecule has 0 aliphatic carbocycles. The largest absolute Gasteiger partial charge is 0.302 e. The topological polar surface area (TPSA) is 24.1 Å². The van der Waals surface area contributed by atoms with Crippen molar-refractivity contribution in [1.29, 1.82) is 0 Å². The van der Waals surface area contributed by atoms with Gasteiger partial charge in [-0.1, -0.05) is 40.5 Å². The molecule has 0 aromatic rings. The van der Waals surface area contributed by atoms with E-state index in [0.717, 1.165) is 12.5 Å². The molecular formula is C14H32N2. The lowest BCUT2D eigenvalue weighted by atomic mass is 9.90. The third kappa shape index (κ3) is 5.86. The van der Waals surface area contributed by atoms with Gasteiger partial charge in [-0.2, -0.15) is 0 Å². The summed E-state index contributed by atoms with van der Waals surface area (Å²) in [5, 5.41) is 7.23. The zero-order valence-corrected chi connectivity index (χ0v) is 12.4. The van der Waals surface area contributed by atoms with Crippen molar-refractivity contribution in [3.8, 4) is 0 Å². The van der Waals surface area contributed by atoms with Gasteiger partial charge in [-0.05, 0) is 39.2 Å². The summed E-state index contributed by atoms with van der Waals surface area (Å²) in [5.41, 5.74) is 0.195. The average Bonchev–Trinajstić information content (AvgIpc) is 2.18. The van der Waals surface area contributed by atoms with Crippen molar-refractivity contribution < 1.29 is 0 Å². The van der Waals surface area contributed by atoms with Crippen LogP contribution in [0.3, 0.4) is 0 Å². The lowest BCUT2D eigenvalue weighted by Gasteiger charge is -2.35. The van der Waals surface area contributed by atoms with E-state index < -0.39 is 0 Å². The molecule has 16 heavy (non-hydrogen) atoms. The van der Waals surface area contributed by atoms with E-state index in [-0.39, 0.29) is 5.54 Å². The Morgan fingerprint density at radius 3 is 1.88 bits per heavy atom. The van der Waals surface area contributed by atoms with Crippen molar-refractivity contribution in [1.82, 2.24) is 10.6 Å². The summed E-state index contributed by atoms with van der Waals surface area (Å²) in [6.07, 6.45) is 2.92. The Kier molecular flexibility index (Phi) is 7.25. The highest BCUT2D eigenvalue weighted by molar-refractivity contribution is 4.83. The molecule has 2 nitrogen and oxygen atoms in total. The highest BCUT2D eigenvalue weighted by Crippen LogP contribution is 2.15. The van der Waals surface area contributed by atoms with Crippen LogP contribution in [-0.2, 0) is 0 Å². The molecule has 0 bridgehead atoms. The molecular weight excluding hydrogens is 196 g/mol. The highest BCUT2D eigenvalue weighted by atomic mass is 15.1. The maximum absolute atomic E-state index is 3.65. The van der Waals surface area contributed by atoms with Gasteiger partial charge in [0.05, 0.1) is 6.17 Å². The minimum absolute atomic E-state index is 0.195. The molecule has 0 heterocycles. The zero-order valence-electron chi connectivity index (χ0n) is 12.4. The maximum Gasteiger partial charge on any atom is 0.0546 e. The molecule has 2 heteroatoms. The van der Waals surface area contributed by atoms with E-state index in [1.165, 1.54) is 12.8 Å². The van der Waals surface area contributed by atoms with Crippen molar-refractivity contribution in [2.45, 2.75) is 73.0 Å². The summed E-state index contributed by atoms with van der Waals surface area (Å²) in [6.45, 7) is 16.9. The molecule has 0 fully saturated rings. The Morgan fingerprint density at radius 2 is 1.50 bits per heavy atom. The first-order valence-electron chi connectivity index (χ1n) is 6.84. The zero-order chi connectivity index (χ0) is 12.8. The summed E-state index contributed by atoms with van der Waals surface area (Å²) in [5.74, 6) is 1.45. The lowest BCUT2D eigenvalue weighted by Crippen LogP contribution is -2.54. The van der Waals surface area contributed by atoms with Crippen molar-refractivity contribution in [2.24, 2.45) is 11.8 Å². The monoisotopic (exact) mass is 228 g/mol. The van der Waals surface area contributed by atoms with Gasteiger partial charge >= 0.3 is 0 Å². The molecule has 0 radical (unpaired) electrons. The average molecular weight is 228 g/mol. The van der Waals surface area contributed by atoms with E-state index >= 15 is 0 Å². The van der Waals surface area contributed by atoms with Crippen LogP contribution >= 0.6 is 0 Å². The fourth-order valence-electron chi connectivity index (χ4n) is 1.70. The predicted molar refractivity (Wildman–Crippen MR) is 73.6 cm³/mol. The van der Waals surface area contributed by atoms with Gasteiger partial charge in [-0.3, -0.25) is 5.32 Å². The number of hydrogen-bond acceptors (Lipinski definition) is 2. The summed E-state index contributed by atoms with van der Waals surface area (Å²) >= 11 is 0. The molecule has 0 spiro atoms. The molecule has 0 aliphatic rings. The van der Waals surface area contributed by atoms with E-state index in [9.17, 15) is 0 Å². The molecule has 1 unspecified atom stereocenters. The fraction of sp³-hybridized carbons (Fsp3) is 1.00. The second kappa shape index (κ2) is 7.29. The molecule has 1 atom stereocenters. The van der Waals surface area contributed by atoms with Gasteiger partial charge in [0.15, 0.2) is 0 Å². The molecule has 2 N–H and O–H groups in total. The summed E-state index contributed by atoms with van der Waals surface area (Å²) in [7, 11) is 0. The Labute approximate surface area is 103 Å². The van der Waals surface area contributed by atoms with Crippen LogP contribution in [0.25, 0.3) is 0 Å². The summed E-state index contributed by atoms with van der Waals surface area (Å²) in [6, 6.07) is 0. The fourth-order valence-corrected chi connectivity index (χ4v) is 1.70. The van der Waals surface area contributed by atoms with E-state index in [4.69, 9.17) is 0 Å². The van der Waals surface area contributed by atoms with Gasteiger partial charge in [0, 0.05) is 5.54 Å². The van der Waals surface area contributed by atoms with E-state index in [0.29, 0.717) is 12.1 Å². The molecule has 0 aromatic carbocycles. The van der Waals surface area contributed by atoms with Crippen LogP contribution in [0.5, 0.6) is 0 Å². The Hall–Kier alpha value is -0.0800. The van der Waals surface area contributed by atoms with Crippen LogP contribution in [0, 0.1) is 11.8 Å². The smallest absolute Gasteiger partial charge is 0.0546 e. The van der Waals surface area contributed by atoms with Crippen LogP contribution in [0.4, 0.5) is 0 Å². The van der Waals surface area contributed by atoms with Crippen molar-refractivity contribution in [3.05, 3.63) is 0 Å². The Bertz CT molecular complexity index is 172. The van der Waals surface area contributed by atoms with Crippen LogP contribution in [0.2, 0.25) is 0 Å². The normalized spacial score (nSPS) is 14.8. The predicted octanol–water partition coefficient (Wildman–Crippen LogP) is 3.38. The molecule has 0 rings (SSSR count). The molecule has 0 aliphatic heterocycles. The van der Waals surface area contributed by atoms with Crippen LogP contribution in [0.15, 0.2) is 0 Å². The Balaban J connectivity index is 3.94. The second-order valence-electron chi connectivity index (χ2n) is 5.83. The SMILES string of the molecule is CCC(CC)CNC(C)NC(C)(C)C(C)C. The van der Waals surface area contributed by atoms with Gasteiger partial charge in [0.25, 0.3) is 0 Å². The summed E-state index contributed by atoms with van der Waals surface area (Å²) < 4.78 is 0. The van der Waals surface area contributed by atoms with Crippen LogP contribution in [0.1, 0.15) is 61.3 Å². The second-order valence-corrected chi connectivity index (χ2v) is 5.83. The van der Waals surface area contributed by atoms with E-state index in [2.05, 4.69) is 59.1 Å². The van der Waals surface area contributed by atoms with Gasteiger partial charge in [-0.25, -0.2) is 0 Å². The third-order valence-electron chi connectivity index (χ3n) is 3.90. The minimum atomic E-state index is 0.195. The number of hydrogen-bond donors (Lipinski definition) is 2. The van der Waals surface area contributed by atoms with E-state index in [1.807, 2.05) is 0 Å². The minimum Gasteiger partial charge on any atom is -0.302 e. The quantitative estimate of drug-likeness (QED) is 0.622. The first kappa shape index (κ1) is 15.9. The van der Waals surface area contributed by atoms with Crippen LogP contribution < -0.4 is 10.6 Å². The maximum atomic E-state index is 3.65. The van der Waals surface area contributed by atoms with Gasteiger partial charge in [0.1, 0.15) is 0 Å². The molecule has 98 valence electrons. The van der Waals surface area contributed by atoms with E-state index in [1.54, 1.807) is 0 Å². The third-order valence-corrected chi connectivity index (χ3v) is 3.90. The lowest BCUT2D eigenvalue weighted by molar-refractivity contribution is 0.236. The first-order valence-corrected chi connectivity index (χ1v) is 6.84. The van der Waals surface area contributed by atoms with Crippen molar-refractivity contribution in [3.63, 3.8) is 0 Å². The van der Waals surface area contributed by atoms with Gasteiger partial charge in [0.2, 0.25) is 0 Å².